The van der Waals surface area contributed by atoms with Crippen LogP contribution >= 0.6 is 0 Å². The van der Waals surface area contributed by atoms with Gasteiger partial charge in [-0.2, -0.15) is 0 Å². The van der Waals surface area contributed by atoms with Gasteiger partial charge in [-0.3, -0.25) is 0 Å². The van der Waals surface area contributed by atoms with Crippen LogP contribution in [0.15, 0.2) is 0 Å². The molecule has 0 aromatic carbocycles. The maximum absolute atomic E-state index is 7.50. The summed E-state index contributed by atoms with van der Waals surface area (Å²) < 4.78 is 75.0. The van der Waals surface area contributed by atoms with Gasteiger partial charge >= 0.3 is 113 Å². The van der Waals surface area contributed by atoms with Gasteiger partial charge in [0.15, 0.2) is 0 Å². The zero-order valence-electron chi connectivity index (χ0n) is 13.4. The minimum absolute atomic E-state index is 0. The first-order valence-corrected chi connectivity index (χ1v) is 4.04. The maximum atomic E-state index is 7.50. The van der Waals surface area contributed by atoms with Gasteiger partial charge in [0.05, 0.1) is 0 Å². The van der Waals surface area contributed by atoms with Crippen molar-refractivity contribution < 1.29 is 83.6 Å². The molecule has 1 aliphatic rings. The van der Waals surface area contributed by atoms with Gasteiger partial charge in [0.2, 0.25) is 0 Å². The van der Waals surface area contributed by atoms with Crippen molar-refractivity contribution >= 4 is 0 Å². The molecule has 0 heterocycles. The predicted octanol–water partition coefficient (Wildman–Crippen LogP) is 0.846. The summed E-state index contributed by atoms with van der Waals surface area (Å²) in [5, 5.41) is 0. The van der Waals surface area contributed by atoms with Gasteiger partial charge in [-0.15, -0.1) is 0 Å². The first-order chi connectivity index (χ1) is 13.0. The molecule has 10 nitrogen and oxygen atoms in total. The van der Waals surface area contributed by atoms with Crippen LogP contribution in [-0.4, -0.2) is 0 Å². The quantitative estimate of drug-likeness (QED) is 0.365. The molecule has 0 N–H and O–H groups in total. The monoisotopic (exact) mass is 460 g/mol. The summed E-state index contributed by atoms with van der Waals surface area (Å²) in [6.07, 6.45) is 12.0. The van der Waals surface area contributed by atoms with Crippen LogP contribution in [0.4, 0.5) is 0 Å². The molecule has 0 amide bonds. The fourth-order valence-electron chi connectivity index (χ4n) is 0.385. The van der Waals surface area contributed by atoms with Crippen LogP contribution in [0.2, 0.25) is 0 Å². The van der Waals surface area contributed by atoms with E-state index in [1.807, 2.05) is 38.5 Å². The third-order valence-corrected chi connectivity index (χ3v) is 0.667. The standard InChI is InChI=1S/C6H6.10CO.2V/c1-2-4-6-5-3-1;10*1-2;;/h1-6H;;;;;;;;;;;;. The minimum atomic E-state index is 0. The molecule has 1 rings (SSSR count). The molecule has 1 saturated carbocycles. The molecule has 0 aromatic rings. The smallest absolute Gasteiger partial charge is 0 e. The Hall–Kier alpha value is -1.43. The van der Waals surface area contributed by atoms with Gasteiger partial charge in [0.25, 0.3) is 0 Å². The van der Waals surface area contributed by atoms with Crippen LogP contribution in [0, 0.1) is 105 Å². The molecule has 1 aliphatic carbocycles. The van der Waals surface area contributed by atoms with E-state index >= 15 is 0 Å². The zero-order valence-corrected chi connectivity index (χ0v) is 16.2. The van der Waals surface area contributed by atoms with E-state index in [0.717, 1.165) is 0 Å². The summed E-state index contributed by atoms with van der Waals surface area (Å²) >= 11 is 0. The molecule has 12 heteroatoms. The molecule has 0 unspecified atom stereocenters. The van der Waals surface area contributed by atoms with Gasteiger partial charge in [0, 0.05) is 37.1 Å². The van der Waals surface area contributed by atoms with Crippen LogP contribution in [0.1, 0.15) is 0 Å². The van der Waals surface area contributed by atoms with Gasteiger partial charge in [0.1, 0.15) is 0 Å². The second-order valence-electron chi connectivity index (χ2n) is 1.15. The molecule has 0 atom stereocenters. The first-order valence-electron chi connectivity index (χ1n) is 4.04. The molecule has 8 radical (unpaired) electrons. The summed E-state index contributed by atoms with van der Waals surface area (Å²) in [6, 6.07) is 0. The van der Waals surface area contributed by atoms with Crippen molar-refractivity contribution in [3.05, 3.63) is 105 Å². The number of hydrogen-bond donors (Lipinski definition) is 0. The Morgan fingerprint density at radius 1 is 0.214 bits per heavy atom. The van der Waals surface area contributed by atoms with Crippen molar-refractivity contribution in [2.24, 2.45) is 0 Å². The Balaban J connectivity index is -0.0000000105. The SMILES string of the molecule is [C-]#[O+].[C-]#[O+].[C-]#[O+].[C-]#[O+].[C-]#[O+].[C-]#[O+].[C-]#[O+].[C-]#[O+].[C-]#[O+].[C-]#[O+].[CH]1[CH][CH][CH][CH][CH]1.[V].[V]. The van der Waals surface area contributed by atoms with Crippen LogP contribution in [0.5, 0.6) is 0 Å². The fourth-order valence-corrected chi connectivity index (χ4v) is 0.385. The number of hydrogen-bond acceptors (Lipinski definition) is 0. The van der Waals surface area contributed by atoms with Crippen LogP contribution in [-0.2, 0) is 83.6 Å². The van der Waals surface area contributed by atoms with E-state index in [0.29, 0.717) is 0 Å². The van der Waals surface area contributed by atoms with E-state index < -0.39 is 0 Å². The van der Waals surface area contributed by atoms with Crippen LogP contribution < -0.4 is 0 Å². The van der Waals surface area contributed by atoms with E-state index in [1.165, 1.54) is 0 Å². The van der Waals surface area contributed by atoms with Gasteiger partial charge in [-0.1, -0.05) is 0 Å². The molecular weight excluding hydrogens is 454 g/mol. The summed E-state index contributed by atoms with van der Waals surface area (Å²) in [7, 11) is 0. The molecule has 0 aliphatic heterocycles. The molecule has 0 spiro atoms. The summed E-state index contributed by atoms with van der Waals surface area (Å²) in [5.41, 5.74) is 0. The Bertz CT molecular complexity index is 245. The average Bonchev–Trinajstić information content (AvgIpc) is 2.88. The molecule has 0 aromatic heterocycles. The van der Waals surface area contributed by atoms with E-state index in [1.54, 1.807) is 0 Å². The third-order valence-electron chi connectivity index (χ3n) is 0.667. The van der Waals surface area contributed by atoms with Crippen molar-refractivity contribution in [3.8, 4) is 0 Å². The van der Waals surface area contributed by atoms with Crippen LogP contribution in [0.3, 0.4) is 0 Å². The van der Waals surface area contributed by atoms with Crippen molar-refractivity contribution in [3.63, 3.8) is 0 Å². The van der Waals surface area contributed by atoms with Crippen LogP contribution in [0.25, 0.3) is 0 Å². The van der Waals surface area contributed by atoms with E-state index in [-0.39, 0.29) is 37.1 Å². The molecule has 140 valence electrons. The van der Waals surface area contributed by atoms with Gasteiger partial charge in [-0.05, 0) is 38.5 Å². The molecule has 0 bridgehead atoms. The van der Waals surface area contributed by atoms with Gasteiger partial charge in [-0.25, -0.2) is 0 Å². The minimum Gasteiger partial charge on any atom is -0.0312 e. The molecule has 0 saturated heterocycles. The second-order valence-corrected chi connectivity index (χ2v) is 1.15. The third kappa shape index (κ3) is 654. The predicted molar refractivity (Wildman–Crippen MR) is 65.1 cm³/mol. The van der Waals surface area contributed by atoms with Gasteiger partial charge < -0.3 is 0 Å². The summed E-state index contributed by atoms with van der Waals surface area (Å²) in [4.78, 5) is 0. The first kappa shape index (κ1) is 81.8. The topological polar surface area (TPSA) is 199 Å². The summed E-state index contributed by atoms with van der Waals surface area (Å²) in [5.74, 6) is 0. The Morgan fingerprint density at radius 3 is 0.286 bits per heavy atom. The van der Waals surface area contributed by atoms with Crippen molar-refractivity contribution in [1.29, 1.82) is 0 Å². The Kier molecular flexibility index (Phi) is 2160. The van der Waals surface area contributed by atoms with E-state index in [2.05, 4.69) is 66.5 Å². The maximum Gasteiger partial charge on any atom is 0 e. The Morgan fingerprint density at radius 2 is 0.250 bits per heavy atom. The van der Waals surface area contributed by atoms with Crippen molar-refractivity contribution in [2.45, 2.75) is 0 Å². The van der Waals surface area contributed by atoms with E-state index in [9.17, 15) is 0 Å². The normalized spacial score (nSPS) is 5.86. The fraction of sp³-hybridized carbons (Fsp3) is 0. The second kappa shape index (κ2) is 739. The molecular formula is C16H6O10V2. The molecule has 1 fully saturated rings. The number of rotatable bonds is 0. The summed E-state index contributed by atoms with van der Waals surface area (Å²) in [6.45, 7) is 45.0. The zero-order chi connectivity index (χ0) is 24.2. The molecule has 28 heavy (non-hydrogen) atoms. The average molecular weight is 460 g/mol. The largest absolute Gasteiger partial charge is 0.0312 e. The van der Waals surface area contributed by atoms with Crippen molar-refractivity contribution in [2.75, 3.05) is 0 Å². The Labute approximate surface area is 188 Å². The van der Waals surface area contributed by atoms with Crippen molar-refractivity contribution in [1.82, 2.24) is 0 Å². The van der Waals surface area contributed by atoms with E-state index in [4.69, 9.17) is 46.5 Å².